The van der Waals surface area contributed by atoms with E-state index in [9.17, 15) is 4.79 Å². The van der Waals surface area contributed by atoms with Gasteiger partial charge in [0.2, 0.25) is 5.91 Å². The predicted molar refractivity (Wildman–Crippen MR) is 73.2 cm³/mol. The summed E-state index contributed by atoms with van der Waals surface area (Å²) in [5, 5.41) is 0. The highest BCUT2D eigenvalue weighted by Crippen LogP contribution is 2.19. The lowest BCUT2D eigenvalue weighted by Gasteiger charge is -2.25. The van der Waals surface area contributed by atoms with E-state index in [0.29, 0.717) is 13.0 Å². The van der Waals surface area contributed by atoms with Gasteiger partial charge >= 0.3 is 0 Å². The first-order valence-corrected chi connectivity index (χ1v) is 6.77. The van der Waals surface area contributed by atoms with Gasteiger partial charge < -0.3 is 10.6 Å². The Balaban J connectivity index is 2.04. The van der Waals surface area contributed by atoms with Crippen molar-refractivity contribution < 1.29 is 4.79 Å². The van der Waals surface area contributed by atoms with Crippen LogP contribution in [0.3, 0.4) is 0 Å². The van der Waals surface area contributed by atoms with Crippen molar-refractivity contribution in [3.05, 3.63) is 35.4 Å². The summed E-state index contributed by atoms with van der Waals surface area (Å²) in [4.78, 5) is 13.9. The fourth-order valence-electron chi connectivity index (χ4n) is 2.57. The minimum Gasteiger partial charge on any atom is -0.341 e. The minimum absolute atomic E-state index is 0.0757. The van der Waals surface area contributed by atoms with Crippen LogP contribution in [0.25, 0.3) is 0 Å². The lowest BCUT2D eigenvalue weighted by atomic mass is 10.0. The van der Waals surface area contributed by atoms with E-state index in [1.807, 2.05) is 17.0 Å². The molecule has 0 aliphatic carbocycles. The predicted octanol–water partition coefficient (Wildman–Crippen LogP) is 2.40. The molecule has 2 N–H and O–H groups in total. The van der Waals surface area contributed by atoms with Gasteiger partial charge in [0.05, 0.1) is 0 Å². The zero-order chi connectivity index (χ0) is 13.0. The number of rotatable bonds is 3. The van der Waals surface area contributed by atoms with Crippen molar-refractivity contribution in [1.29, 1.82) is 0 Å². The molecule has 1 unspecified atom stereocenters. The molecule has 0 radical (unpaired) electrons. The summed E-state index contributed by atoms with van der Waals surface area (Å²) in [6.45, 7) is 3.57. The highest BCUT2D eigenvalue weighted by Gasteiger charge is 2.20. The second kappa shape index (κ2) is 6.01. The summed E-state index contributed by atoms with van der Waals surface area (Å²) < 4.78 is 0. The monoisotopic (exact) mass is 246 g/mol. The van der Waals surface area contributed by atoms with Crippen LogP contribution >= 0.6 is 0 Å². The molecule has 1 aromatic rings. The molecular formula is C15H22N2O. The molecule has 0 spiro atoms. The van der Waals surface area contributed by atoms with Gasteiger partial charge in [0, 0.05) is 25.6 Å². The van der Waals surface area contributed by atoms with Crippen molar-refractivity contribution in [1.82, 2.24) is 4.90 Å². The summed E-state index contributed by atoms with van der Waals surface area (Å²) in [7, 11) is 0. The SMILES string of the molecule is Cc1ccccc1C(N)CN1CCCCCC1=O. The van der Waals surface area contributed by atoms with E-state index in [0.717, 1.165) is 31.4 Å². The summed E-state index contributed by atoms with van der Waals surface area (Å²) >= 11 is 0. The quantitative estimate of drug-likeness (QED) is 0.890. The second-order valence-electron chi connectivity index (χ2n) is 5.11. The minimum atomic E-state index is -0.0757. The van der Waals surface area contributed by atoms with Crippen molar-refractivity contribution in [2.45, 2.75) is 38.6 Å². The fraction of sp³-hybridized carbons (Fsp3) is 0.533. The Hall–Kier alpha value is -1.35. The molecule has 1 saturated heterocycles. The van der Waals surface area contributed by atoms with Gasteiger partial charge in [-0.2, -0.15) is 0 Å². The average molecular weight is 246 g/mol. The molecule has 1 aliphatic rings. The average Bonchev–Trinajstić information content (AvgIpc) is 2.55. The standard InChI is InChI=1S/C15H22N2O/c1-12-7-4-5-8-13(12)14(16)11-17-10-6-2-3-9-15(17)18/h4-5,7-8,14H,2-3,6,9-11,16H2,1H3. The molecule has 3 heteroatoms. The number of hydrogen-bond acceptors (Lipinski definition) is 2. The molecule has 3 nitrogen and oxygen atoms in total. The van der Waals surface area contributed by atoms with Gasteiger partial charge in [-0.25, -0.2) is 0 Å². The first-order valence-electron chi connectivity index (χ1n) is 6.77. The maximum Gasteiger partial charge on any atom is 0.222 e. The molecule has 1 aromatic carbocycles. The van der Waals surface area contributed by atoms with Crippen LogP contribution in [0.2, 0.25) is 0 Å². The summed E-state index contributed by atoms with van der Waals surface area (Å²) in [6, 6.07) is 8.07. The molecule has 1 amide bonds. The van der Waals surface area contributed by atoms with E-state index in [1.54, 1.807) is 0 Å². The van der Waals surface area contributed by atoms with E-state index >= 15 is 0 Å². The summed E-state index contributed by atoms with van der Waals surface area (Å²) in [5.41, 5.74) is 8.59. The maximum absolute atomic E-state index is 11.9. The van der Waals surface area contributed by atoms with Gasteiger partial charge in [-0.05, 0) is 30.9 Å². The Bertz CT molecular complexity index is 417. The third-order valence-electron chi connectivity index (χ3n) is 3.68. The van der Waals surface area contributed by atoms with Crippen LogP contribution in [0.5, 0.6) is 0 Å². The highest BCUT2D eigenvalue weighted by atomic mass is 16.2. The normalized spacial score (nSPS) is 18.6. The van der Waals surface area contributed by atoms with E-state index in [-0.39, 0.29) is 11.9 Å². The topological polar surface area (TPSA) is 46.3 Å². The number of carbonyl (C=O) groups excluding carboxylic acids is 1. The number of amides is 1. The third kappa shape index (κ3) is 3.10. The van der Waals surface area contributed by atoms with E-state index in [2.05, 4.69) is 19.1 Å². The molecule has 1 fully saturated rings. The van der Waals surface area contributed by atoms with E-state index < -0.39 is 0 Å². The van der Waals surface area contributed by atoms with Gasteiger partial charge in [0.25, 0.3) is 0 Å². The highest BCUT2D eigenvalue weighted by molar-refractivity contribution is 5.76. The number of nitrogens with two attached hydrogens (primary N) is 1. The number of carbonyl (C=O) groups is 1. The van der Waals surface area contributed by atoms with Crippen LogP contribution in [0, 0.1) is 6.92 Å². The van der Waals surface area contributed by atoms with Crippen molar-refractivity contribution in [3.63, 3.8) is 0 Å². The van der Waals surface area contributed by atoms with Gasteiger partial charge in [-0.3, -0.25) is 4.79 Å². The summed E-state index contributed by atoms with van der Waals surface area (Å²) in [6.07, 6.45) is 3.96. The number of hydrogen-bond donors (Lipinski definition) is 1. The van der Waals surface area contributed by atoms with Gasteiger partial charge in [0.1, 0.15) is 0 Å². The van der Waals surface area contributed by atoms with Crippen molar-refractivity contribution in [2.24, 2.45) is 5.73 Å². The zero-order valence-electron chi connectivity index (χ0n) is 11.1. The molecule has 18 heavy (non-hydrogen) atoms. The van der Waals surface area contributed by atoms with Crippen LogP contribution in [0.15, 0.2) is 24.3 Å². The third-order valence-corrected chi connectivity index (χ3v) is 3.68. The Morgan fingerprint density at radius 1 is 1.28 bits per heavy atom. The van der Waals surface area contributed by atoms with Crippen molar-refractivity contribution in [3.8, 4) is 0 Å². The van der Waals surface area contributed by atoms with Crippen molar-refractivity contribution in [2.75, 3.05) is 13.1 Å². The molecule has 98 valence electrons. The Morgan fingerprint density at radius 2 is 2.06 bits per heavy atom. The maximum atomic E-state index is 11.9. The molecule has 0 aromatic heterocycles. The molecule has 1 atom stereocenters. The van der Waals surface area contributed by atoms with Gasteiger partial charge in [-0.1, -0.05) is 30.7 Å². The van der Waals surface area contributed by atoms with Crippen LogP contribution in [-0.4, -0.2) is 23.9 Å². The zero-order valence-corrected chi connectivity index (χ0v) is 11.1. The Labute approximate surface area is 109 Å². The molecule has 0 bridgehead atoms. The molecule has 1 aliphatic heterocycles. The van der Waals surface area contributed by atoms with Gasteiger partial charge in [0.15, 0.2) is 0 Å². The lowest BCUT2D eigenvalue weighted by Crippen LogP contribution is -2.36. The smallest absolute Gasteiger partial charge is 0.222 e. The van der Waals surface area contributed by atoms with Crippen LogP contribution in [0.4, 0.5) is 0 Å². The first kappa shape index (κ1) is 13.1. The largest absolute Gasteiger partial charge is 0.341 e. The number of aryl methyl sites for hydroxylation is 1. The van der Waals surface area contributed by atoms with Crippen molar-refractivity contribution >= 4 is 5.91 Å². The Morgan fingerprint density at radius 3 is 2.83 bits per heavy atom. The van der Waals surface area contributed by atoms with Crippen LogP contribution < -0.4 is 5.73 Å². The Kier molecular flexibility index (Phi) is 4.37. The number of benzene rings is 1. The van der Waals surface area contributed by atoms with Gasteiger partial charge in [-0.15, -0.1) is 0 Å². The fourth-order valence-corrected chi connectivity index (χ4v) is 2.57. The van der Waals surface area contributed by atoms with E-state index in [1.165, 1.54) is 5.56 Å². The van der Waals surface area contributed by atoms with Crippen LogP contribution in [-0.2, 0) is 4.79 Å². The number of nitrogens with zero attached hydrogens (tertiary/aromatic N) is 1. The lowest BCUT2D eigenvalue weighted by molar-refractivity contribution is -0.130. The molecular weight excluding hydrogens is 224 g/mol. The molecule has 1 heterocycles. The molecule has 0 saturated carbocycles. The van der Waals surface area contributed by atoms with Crippen LogP contribution in [0.1, 0.15) is 42.9 Å². The van der Waals surface area contributed by atoms with E-state index in [4.69, 9.17) is 5.73 Å². The first-order chi connectivity index (χ1) is 8.68. The number of likely N-dealkylation sites (tertiary alicyclic amines) is 1. The second-order valence-corrected chi connectivity index (χ2v) is 5.11. The molecule has 2 rings (SSSR count). The summed E-state index contributed by atoms with van der Waals surface area (Å²) in [5.74, 6) is 0.261.